The van der Waals surface area contributed by atoms with Gasteiger partial charge in [-0.2, -0.15) is 0 Å². The molecule has 0 fully saturated rings. The molecule has 0 aliphatic heterocycles. The molecule has 6 nitrogen and oxygen atoms in total. The predicted molar refractivity (Wildman–Crippen MR) is 65.1 cm³/mol. The Hall–Kier alpha value is -1.86. The van der Waals surface area contributed by atoms with Gasteiger partial charge in [0.15, 0.2) is 0 Å². The lowest BCUT2D eigenvalue weighted by molar-refractivity contribution is 0.0692. The molecule has 0 heterocycles. The van der Waals surface area contributed by atoms with Crippen LogP contribution in [0.2, 0.25) is 0 Å². The van der Waals surface area contributed by atoms with Crippen molar-refractivity contribution < 1.29 is 23.1 Å². The van der Waals surface area contributed by atoms with Crippen LogP contribution in [-0.4, -0.2) is 26.1 Å². The van der Waals surface area contributed by atoms with Crippen molar-refractivity contribution in [3.8, 4) is 5.75 Å². The molecule has 0 aliphatic carbocycles. The van der Waals surface area contributed by atoms with Crippen molar-refractivity contribution in [3.63, 3.8) is 0 Å². The number of hydrogen-bond donors (Lipinski definition) is 2. The van der Waals surface area contributed by atoms with Crippen LogP contribution in [0.4, 0.5) is 0 Å². The summed E-state index contributed by atoms with van der Waals surface area (Å²) in [6, 6.07) is 3.41. The molecule has 0 spiro atoms. The minimum atomic E-state index is -3.94. The fraction of sp³-hybridized carbons (Fsp3) is 0.182. The molecule has 7 heteroatoms. The van der Waals surface area contributed by atoms with Crippen LogP contribution in [0, 0.1) is 0 Å². The minimum Gasteiger partial charge on any atom is -0.488 e. The van der Waals surface area contributed by atoms with E-state index in [1.54, 1.807) is 6.92 Å². The quantitative estimate of drug-likeness (QED) is 0.776. The number of benzene rings is 1. The number of aromatic carboxylic acids is 1. The summed E-state index contributed by atoms with van der Waals surface area (Å²) in [6.45, 7) is 5.48. The fourth-order valence-corrected chi connectivity index (χ4v) is 1.72. The lowest BCUT2D eigenvalue weighted by Crippen LogP contribution is -2.14. The van der Waals surface area contributed by atoms with E-state index in [1.807, 2.05) is 0 Å². The second-order valence-electron chi connectivity index (χ2n) is 3.75. The summed E-state index contributed by atoms with van der Waals surface area (Å²) < 4.78 is 27.4. The molecule has 0 atom stereocenters. The van der Waals surface area contributed by atoms with Gasteiger partial charge in [-0.1, -0.05) is 6.58 Å². The normalized spacial score (nSPS) is 11.0. The van der Waals surface area contributed by atoms with Gasteiger partial charge in [0.2, 0.25) is 10.0 Å². The van der Waals surface area contributed by atoms with Gasteiger partial charge in [-0.25, -0.2) is 18.4 Å². The molecule has 3 N–H and O–H groups in total. The molecule has 1 rings (SSSR count). The summed E-state index contributed by atoms with van der Waals surface area (Å²) in [6.07, 6.45) is 0. The van der Waals surface area contributed by atoms with Crippen molar-refractivity contribution in [2.75, 3.05) is 6.61 Å². The number of carboxylic acid groups (broad SMARTS) is 1. The fourth-order valence-electron chi connectivity index (χ4n) is 1.18. The van der Waals surface area contributed by atoms with Crippen LogP contribution in [0.1, 0.15) is 17.3 Å². The van der Waals surface area contributed by atoms with Crippen LogP contribution in [0.15, 0.2) is 35.2 Å². The molecule has 0 amide bonds. The standard InChI is InChI=1S/C11H13NO5S/c1-7(2)6-17-10-4-3-8(18(12,15)16)5-9(10)11(13)14/h3-5H,1,6H2,2H3,(H,13,14)(H2,12,15,16). The highest BCUT2D eigenvalue weighted by Crippen LogP contribution is 2.22. The summed E-state index contributed by atoms with van der Waals surface area (Å²) >= 11 is 0. The summed E-state index contributed by atoms with van der Waals surface area (Å²) in [5.74, 6) is -1.23. The molecule has 0 radical (unpaired) electrons. The molecule has 0 aliphatic rings. The highest BCUT2D eigenvalue weighted by Gasteiger charge is 2.16. The number of carbonyl (C=O) groups is 1. The lowest BCUT2D eigenvalue weighted by atomic mass is 10.2. The van der Waals surface area contributed by atoms with E-state index in [9.17, 15) is 13.2 Å². The number of ether oxygens (including phenoxy) is 1. The van der Waals surface area contributed by atoms with Gasteiger partial charge < -0.3 is 9.84 Å². The Morgan fingerprint density at radius 3 is 2.56 bits per heavy atom. The van der Waals surface area contributed by atoms with E-state index in [-0.39, 0.29) is 22.8 Å². The molecule has 1 aromatic carbocycles. The average Bonchev–Trinajstić information content (AvgIpc) is 2.24. The maximum Gasteiger partial charge on any atom is 0.339 e. The van der Waals surface area contributed by atoms with Crippen LogP contribution in [0.5, 0.6) is 5.75 Å². The molecule has 0 saturated carbocycles. The van der Waals surface area contributed by atoms with Gasteiger partial charge in [-0.05, 0) is 30.7 Å². The Labute approximate surface area is 105 Å². The van der Waals surface area contributed by atoms with Crippen LogP contribution < -0.4 is 9.88 Å². The third kappa shape index (κ3) is 3.57. The Kier molecular flexibility index (Phi) is 4.10. The summed E-state index contributed by atoms with van der Waals surface area (Å²) in [7, 11) is -3.94. The SMILES string of the molecule is C=C(C)COc1ccc(S(N)(=O)=O)cc1C(=O)O. The van der Waals surface area contributed by atoms with Crippen LogP contribution >= 0.6 is 0 Å². The van der Waals surface area contributed by atoms with Crippen LogP contribution in [-0.2, 0) is 10.0 Å². The Morgan fingerprint density at radius 2 is 2.11 bits per heavy atom. The number of nitrogens with two attached hydrogens (primary N) is 1. The number of rotatable bonds is 5. The summed E-state index contributed by atoms with van der Waals surface area (Å²) in [5, 5.41) is 13.9. The Morgan fingerprint density at radius 1 is 1.50 bits per heavy atom. The van der Waals surface area contributed by atoms with Gasteiger partial charge in [0, 0.05) is 0 Å². The van der Waals surface area contributed by atoms with E-state index >= 15 is 0 Å². The third-order valence-electron chi connectivity index (χ3n) is 1.98. The first-order chi connectivity index (χ1) is 8.21. The van der Waals surface area contributed by atoms with E-state index in [2.05, 4.69) is 6.58 Å². The van der Waals surface area contributed by atoms with Gasteiger partial charge in [-0.3, -0.25) is 0 Å². The van der Waals surface area contributed by atoms with E-state index in [0.29, 0.717) is 5.57 Å². The zero-order chi connectivity index (χ0) is 13.9. The number of primary sulfonamides is 1. The molecule has 0 saturated heterocycles. The van der Waals surface area contributed by atoms with Crippen molar-refractivity contribution in [1.29, 1.82) is 0 Å². The molecule has 18 heavy (non-hydrogen) atoms. The highest BCUT2D eigenvalue weighted by molar-refractivity contribution is 7.89. The first kappa shape index (κ1) is 14.2. The third-order valence-corrected chi connectivity index (χ3v) is 2.90. The predicted octanol–water partition coefficient (Wildman–Crippen LogP) is 0.987. The lowest BCUT2D eigenvalue weighted by Gasteiger charge is -2.10. The second kappa shape index (κ2) is 5.19. The molecular formula is C11H13NO5S. The number of carboxylic acids is 1. The van der Waals surface area contributed by atoms with Crippen molar-refractivity contribution in [2.45, 2.75) is 11.8 Å². The molecular weight excluding hydrogens is 258 g/mol. The topological polar surface area (TPSA) is 107 Å². The van der Waals surface area contributed by atoms with Crippen molar-refractivity contribution in [1.82, 2.24) is 0 Å². The monoisotopic (exact) mass is 271 g/mol. The van der Waals surface area contributed by atoms with Crippen LogP contribution in [0.3, 0.4) is 0 Å². The van der Waals surface area contributed by atoms with E-state index in [1.165, 1.54) is 12.1 Å². The van der Waals surface area contributed by atoms with Gasteiger partial charge in [-0.15, -0.1) is 0 Å². The van der Waals surface area contributed by atoms with Crippen LogP contribution in [0.25, 0.3) is 0 Å². The minimum absolute atomic E-state index is 0.0675. The van der Waals surface area contributed by atoms with Crippen molar-refractivity contribution in [3.05, 3.63) is 35.9 Å². The molecule has 0 aromatic heterocycles. The molecule has 98 valence electrons. The number of sulfonamides is 1. The Bertz CT molecular complexity index is 591. The van der Waals surface area contributed by atoms with Gasteiger partial charge in [0.05, 0.1) is 4.90 Å². The smallest absolute Gasteiger partial charge is 0.339 e. The summed E-state index contributed by atoms with van der Waals surface area (Å²) in [5.41, 5.74) is 0.449. The molecule has 1 aromatic rings. The largest absolute Gasteiger partial charge is 0.488 e. The average molecular weight is 271 g/mol. The Balaban J connectivity index is 3.21. The van der Waals surface area contributed by atoms with E-state index in [0.717, 1.165) is 6.07 Å². The van der Waals surface area contributed by atoms with E-state index in [4.69, 9.17) is 15.0 Å². The number of hydrogen-bond acceptors (Lipinski definition) is 4. The first-order valence-corrected chi connectivity index (χ1v) is 6.44. The van der Waals surface area contributed by atoms with Gasteiger partial charge in [0.1, 0.15) is 17.9 Å². The van der Waals surface area contributed by atoms with Gasteiger partial charge >= 0.3 is 5.97 Å². The van der Waals surface area contributed by atoms with Crippen molar-refractivity contribution >= 4 is 16.0 Å². The van der Waals surface area contributed by atoms with Gasteiger partial charge in [0.25, 0.3) is 0 Å². The summed E-state index contributed by atoms with van der Waals surface area (Å²) in [4.78, 5) is 10.7. The van der Waals surface area contributed by atoms with Crippen molar-refractivity contribution in [2.24, 2.45) is 5.14 Å². The maximum absolute atomic E-state index is 11.1. The maximum atomic E-state index is 11.1. The molecule has 0 unspecified atom stereocenters. The molecule has 0 bridgehead atoms. The highest BCUT2D eigenvalue weighted by atomic mass is 32.2. The zero-order valence-corrected chi connectivity index (χ0v) is 10.5. The second-order valence-corrected chi connectivity index (χ2v) is 5.32. The van der Waals surface area contributed by atoms with E-state index < -0.39 is 16.0 Å². The zero-order valence-electron chi connectivity index (χ0n) is 9.71. The first-order valence-electron chi connectivity index (χ1n) is 4.89.